The Labute approximate surface area is 139 Å². The highest BCUT2D eigenvalue weighted by Crippen LogP contribution is 2.43. The Hall–Kier alpha value is 0.135. The van der Waals surface area contributed by atoms with Crippen LogP contribution < -0.4 is 0 Å². The van der Waals surface area contributed by atoms with E-state index in [4.69, 9.17) is 43.8 Å². The molecule has 9 nitrogen and oxygen atoms in total. The third kappa shape index (κ3) is 27.3. The predicted molar refractivity (Wildman–Crippen MR) is 85.1 cm³/mol. The largest absolute Gasteiger partial charge is 0.631 e. The molecule has 0 aliphatic rings. The quantitative estimate of drug-likeness (QED) is 0.284. The summed E-state index contributed by atoms with van der Waals surface area (Å²) in [5.41, 5.74) is -1.47. The van der Waals surface area contributed by atoms with Gasteiger partial charge in [-0.3, -0.25) is 0 Å². The van der Waals surface area contributed by atoms with Gasteiger partial charge < -0.3 is 15.1 Å². The maximum atomic E-state index is 7.17. The van der Waals surface area contributed by atoms with Crippen LogP contribution in [0.5, 0.6) is 0 Å². The molecule has 0 bridgehead atoms. The van der Waals surface area contributed by atoms with E-state index in [1.165, 1.54) is 0 Å². The molecule has 0 unspecified atom stereocenters. The Morgan fingerprint density at radius 2 is 0.739 bits per heavy atom. The van der Waals surface area contributed by atoms with Crippen LogP contribution in [0.1, 0.15) is 62.3 Å². The average Bonchev–Trinajstić information content (AvgIpc) is 2.22. The molecule has 0 heterocycles. The van der Waals surface area contributed by atoms with Gasteiger partial charge in [-0.2, -0.15) is 0 Å². The first-order chi connectivity index (χ1) is 10.0. The van der Waals surface area contributed by atoms with Crippen LogP contribution >= 0.6 is 8.60 Å². The van der Waals surface area contributed by atoms with Crippen molar-refractivity contribution in [2.75, 3.05) is 0 Å². The molecule has 0 saturated heterocycles. The summed E-state index contributed by atoms with van der Waals surface area (Å²) in [5.74, 6) is 0. The summed E-state index contributed by atoms with van der Waals surface area (Å²) in [6, 6.07) is 0. The molecule has 0 amide bonds. The highest BCUT2D eigenvalue weighted by Gasteiger charge is 2.27. The van der Waals surface area contributed by atoms with Crippen LogP contribution in [-0.4, -0.2) is 39.2 Å². The van der Waals surface area contributed by atoms with Gasteiger partial charge in [0.15, 0.2) is 0 Å². The zero-order chi connectivity index (χ0) is 18.9. The van der Waals surface area contributed by atoms with E-state index in [0.29, 0.717) is 0 Å². The lowest BCUT2D eigenvalue weighted by Crippen LogP contribution is -2.23. The molecule has 3 N–H and O–H groups in total. The SMILES string of the molecule is CC(C)(C)OOP(OOC(C)(C)C)OOC(C)(C)C.OB(O)O. The van der Waals surface area contributed by atoms with E-state index in [2.05, 4.69) is 0 Å². The summed E-state index contributed by atoms with van der Waals surface area (Å²) in [7, 11) is -4.09. The fraction of sp³-hybridized carbons (Fsp3) is 1.00. The van der Waals surface area contributed by atoms with Gasteiger partial charge in [0.25, 0.3) is 0 Å². The van der Waals surface area contributed by atoms with Gasteiger partial charge in [0.05, 0.1) is 16.8 Å². The molecule has 23 heavy (non-hydrogen) atoms. The molecule has 140 valence electrons. The van der Waals surface area contributed by atoms with Crippen molar-refractivity contribution in [3.05, 3.63) is 0 Å². The fourth-order valence-corrected chi connectivity index (χ4v) is 1.39. The molecule has 0 aliphatic carbocycles. The van der Waals surface area contributed by atoms with Crippen LogP contribution in [0.15, 0.2) is 0 Å². The molecular weight excluding hydrogens is 330 g/mol. The Morgan fingerprint density at radius 3 is 0.870 bits per heavy atom. The molecule has 0 radical (unpaired) electrons. The summed E-state index contributed by atoms with van der Waals surface area (Å²) in [6.45, 7) is 16.6. The molecule has 11 heteroatoms. The van der Waals surface area contributed by atoms with Crippen molar-refractivity contribution in [1.29, 1.82) is 0 Å². The molecule has 0 aliphatic heterocycles. The van der Waals surface area contributed by atoms with Gasteiger partial charge in [-0.1, -0.05) is 0 Å². The maximum absolute atomic E-state index is 7.17. The number of hydrogen-bond acceptors (Lipinski definition) is 9. The normalized spacial score (nSPS) is 12.9. The minimum atomic E-state index is -2.17. The van der Waals surface area contributed by atoms with Gasteiger partial charge in [-0.15, -0.1) is 14.0 Å². The average molecular weight is 360 g/mol. The summed E-state index contributed by atoms with van der Waals surface area (Å²) >= 11 is 0. The maximum Gasteiger partial charge on any atom is 0.631 e. The Morgan fingerprint density at radius 1 is 0.565 bits per heavy atom. The first-order valence-corrected chi connectivity index (χ1v) is 8.03. The Balaban J connectivity index is 0. The van der Waals surface area contributed by atoms with Gasteiger partial charge in [0, 0.05) is 0 Å². The monoisotopic (exact) mass is 360 g/mol. The molecule has 0 aromatic carbocycles. The Bertz CT molecular complexity index is 251. The molecule has 0 spiro atoms. The Kier molecular flexibility index (Phi) is 12.0. The molecule has 0 fully saturated rings. The van der Waals surface area contributed by atoms with Crippen LogP contribution in [0.2, 0.25) is 0 Å². The molecule has 0 aromatic heterocycles. The second-order valence-corrected chi connectivity index (χ2v) is 8.28. The minimum Gasteiger partial charge on any atom is -0.402 e. The first-order valence-electron chi connectivity index (χ1n) is 6.93. The summed E-state index contributed by atoms with van der Waals surface area (Å²) in [5, 5.41) is 21.5. The predicted octanol–water partition coefficient (Wildman–Crippen LogP) is 2.40. The second-order valence-electron chi connectivity index (χ2n) is 7.38. The molecule has 0 aromatic rings. The first kappa shape index (κ1) is 25.4. The lowest BCUT2D eigenvalue weighted by molar-refractivity contribution is -0.365. The van der Waals surface area contributed by atoms with E-state index in [-0.39, 0.29) is 0 Å². The van der Waals surface area contributed by atoms with Gasteiger partial charge >= 0.3 is 15.9 Å². The van der Waals surface area contributed by atoms with Crippen molar-refractivity contribution in [3.63, 3.8) is 0 Å². The van der Waals surface area contributed by atoms with Crippen LogP contribution in [0.25, 0.3) is 0 Å². The van der Waals surface area contributed by atoms with E-state index in [9.17, 15) is 0 Å². The molecule has 0 rings (SSSR count). The van der Waals surface area contributed by atoms with Crippen molar-refractivity contribution in [2.24, 2.45) is 0 Å². The number of hydrogen-bond donors (Lipinski definition) is 3. The standard InChI is InChI=1S/C12H27O6P.BH3O3/c1-10(2,3)13-16-19(17-14-11(4,5)6)18-15-12(7,8)9;2-1(3)4/h1-9H3;2-4H. The summed E-state index contributed by atoms with van der Waals surface area (Å²) in [4.78, 5) is 15.4. The van der Waals surface area contributed by atoms with Crippen molar-refractivity contribution >= 4 is 15.9 Å². The minimum absolute atomic E-state index is 0.489. The van der Waals surface area contributed by atoms with E-state index < -0.39 is 32.7 Å². The highest BCUT2D eigenvalue weighted by molar-refractivity contribution is 7.41. The zero-order valence-corrected chi connectivity index (χ0v) is 16.2. The van der Waals surface area contributed by atoms with E-state index in [0.717, 1.165) is 0 Å². The van der Waals surface area contributed by atoms with Crippen LogP contribution in [0.3, 0.4) is 0 Å². The summed E-state index contributed by atoms with van der Waals surface area (Å²) in [6.07, 6.45) is 0. The lowest BCUT2D eigenvalue weighted by atomic mass is 10.2. The van der Waals surface area contributed by atoms with Crippen molar-refractivity contribution in [2.45, 2.75) is 79.1 Å². The van der Waals surface area contributed by atoms with Crippen molar-refractivity contribution in [3.8, 4) is 0 Å². The fourth-order valence-electron chi connectivity index (χ4n) is 0.464. The smallest absolute Gasteiger partial charge is 0.402 e. The third-order valence-corrected chi connectivity index (χ3v) is 1.63. The zero-order valence-electron chi connectivity index (χ0n) is 15.3. The number of rotatable bonds is 6. The topological polar surface area (TPSA) is 116 Å². The van der Waals surface area contributed by atoms with Gasteiger partial charge in [0.2, 0.25) is 0 Å². The lowest BCUT2D eigenvalue weighted by Gasteiger charge is -2.25. The van der Waals surface area contributed by atoms with E-state index >= 15 is 0 Å². The van der Waals surface area contributed by atoms with E-state index in [1.807, 2.05) is 62.3 Å². The van der Waals surface area contributed by atoms with Crippen molar-refractivity contribution in [1.82, 2.24) is 0 Å². The van der Waals surface area contributed by atoms with Gasteiger partial charge in [-0.25, -0.2) is 14.7 Å². The van der Waals surface area contributed by atoms with Crippen molar-refractivity contribution < 1.29 is 43.8 Å². The summed E-state index contributed by atoms with van der Waals surface area (Å²) < 4.78 is 15.2. The van der Waals surface area contributed by atoms with Gasteiger partial charge in [0.1, 0.15) is 0 Å². The van der Waals surface area contributed by atoms with Crippen LogP contribution in [0.4, 0.5) is 0 Å². The van der Waals surface area contributed by atoms with Crippen LogP contribution in [0, 0.1) is 0 Å². The second kappa shape index (κ2) is 10.9. The van der Waals surface area contributed by atoms with E-state index in [1.54, 1.807) is 0 Å². The third-order valence-electron chi connectivity index (χ3n) is 1.04. The molecular formula is C12H30BO9P. The van der Waals surface area contributed by atoms with Crippen LogP contribution in [-0.2, 0) is 28.7 Å². The van der Waals surface area contributed by atoms with Gasteiger partial charge in [-0.05, 0) is 62.3 Å². The molecule has 0 atom stereocenters. The highest BCUT2D eigenvalue weighted by atomic mass is 31.2. The molecule has 0 saturated carbocycles.